The maximum Gasteiger partial charge on any atom is 0.124 e. The first-order chi connectivity index (χ1) is 10.2. The third kappa shape index (κ3) is 3.25. The summed E-state index contributed by atoms with van der Waals surface area (Å²) in [7, 11) is 0. The van der Waals surface area contributed by atoms with E-state index in [2.05, 4.69) is 5.10 Å². The molecule has 0 amide bonds. The first kappa shape index (κ1) is 13.7. The fourth-order valence-electron chi connectivity index (χ4n) is 1.96. The predicted octanol–water partition coefficient (Wildman–Crippen LogP) is 3.89. The molecular formula is C16H14FN3S. The molecule has 0 saturated heterocycles. The molecule has 0 bridgehead atoms. The summed E-state index contributed by atoms with van der Waals surface area (Å²) in [4.78, 5) is 0.770. The standard InChI is InChI=1S/C16H14FN3S/c17-13-4-7-15(18)16(10-13)21-11-12-2-5-14(6-3-12)20-9-1-8-19-20/h1-10H,11,18H2. The SMILES string of the molecule is Nc1ccc(F)cc1SCc1ccc(-n2cccn2)cc1. The van der Waals surface area contributed by atoms with E-state index in [-0.39, 0.29) is 5.82 Å². The molecule has 3 nitrogen and oxygen atoms in total. The summed E-state index contributed by atoms with van der Waals surface area (Å²) >= 11 is 1.53. The van der Waals surface area contributed by atoms with E-state index in [1.54, 1.807) is 12.3 Å². The molecule has 0 unspecified atom stereocenters. The van der Waals surface area contributed by atoms with E-state index < -0.39 is 0 Å². The van der Waals surface area contributed by atoms with Crippen LogP contribution in [-0.2, 0) is 5.75 Å². The molecule has 0 saturated carbocycles. The highest BCUT2D eigenvalue weighted by molar-refractivity contribution is 7.98. The molecule has 21 heavy (non-hydrogen) atoms. The van der Waals surface area contributed by atoms with Crippen LogP contribution in [0.15, 0.2) is 65.8 Å². The lowest BCUT2D eigenvalue weighted by atomic mass is 10.2. The molecule has 106 valence electrons. The molecule has 0 aliphatic heterocycles. The van der Waals surface area contributed by atoms with Gasteiger partial charge in [0.1, 0.15) is 5.82 Å². The van der Waals surface area contributed by atoms with E-state index in [1.807, 2.05) is 41.2 Å². The van der Waals surface area contributed by atoms with Crippen molar-refractivity contribution in [3.63, 3.8) is 0 Å². The van der Waals surface area contributed by atoms with Crippen molar-refractivity contribution in [3.05, 3.63) is 72.3 Å². The number of nitrogens with zero attached hydrogens (tertiary/aromatic N) is 2. The summed E-state index contributed by atoms with van der Waals surface area (Å²) in [6.45, 7) is 0. The number of rotatable bonds is 4. The number of benzene rings is 2. The van der Waals surface area contributed by atoms with Crippen molar-refractivity contribution in [1.29, 1.82) is 0 Å². The van der Waals surface area contributed by atoms with Crippen molar-refractivity contribution in [2.45, 2.75) is 10.6 Å². The number of hydrogen-bond donors (Lipinski definition) is 1. The number of hydrogen-bond acceptors (Lipinski definition) is 3. The normalized spacial score (nSPS) is 10.7. The molecule has 0 radical (unpaired) electrons. The van der Waals surface area contributed by atoms with E-state index in [1.165, 1.54) is 23.9 Å². The van der Waals surface area contributed by atoms with Crippen LogP contribution in [0.1, 0.15) is 5.56 Å². The monoisotopic (exact) mass is 299 g/mol. The average molecular weight is 299 g/mol. The molecule has 0 fully saturated rings. The Morgan fingerprint density at radius 3 is 2.67 bits per heavy atom. The molecule has 0 aliphatic rings. The van der Waals surface area contributed by atoms with Gasteiger partial charge < -0.3 is 5.73 Å². The van der Waals surface area contributed by atoms with Crippen LogP contribution in [0.3, 0.4) is 0 Å². The molecule has 0 spiro atoms. The second kappa shape index (κ2) is 6.01. The average Bonchev–Trinajstić information content (AvgIpc) is 3.03. The number of aromatic nitrogens is 2. The van der Waals surface area contributed by atoms with Gasteiger partial charge in [-0.15, -0.1) is 11.8 Å². The first-order valence-corrected chi connectivity index (χ1v) is 7.48. The van der Waals surface area contributed by atoms with Gasteiger partial charge in [0, 0.05) is 28.7 Å². The topological polar surface area (TPSA) is 43.8 Å². The quantitative estimate of drug-likeness (QED) is 0.587. The minimum atomic E-state index is -0.263. The van der Waals surface area contributed by atoms with Gasteiger partial charge in [0.2, 0.25) is 0 Å². The molecular weight excluding hydrogens is 285 g/mol. The zero-order chi connectivity index (χ0) is 14.7. The van der Waals surface area contributed by atoms with Crippen LogP contribution in [0.2, 0.25) is 0 Å². The van der Waals surface area contributed by atoms with Gasteiger partial charge in [-0.05, 0) is 42.0 Å². The molecule has 0 atom stereocenters. The summed E-state index contributed by atoms with van der Waals surface area (Å²) in [6, 6.07) is 14.4. The van der Waals surface area contributed by atoms with Gasteiger partial charge >= 0.3 is 0 Å². The Kier molecular flexibility index (Phi) is 3.92. The van der Waals surface area contributed by atoms with Crippen LogP contribution in [0.25, 0.3) is 5.69 Å². The lowest BCUT2D eigenvalue weighted by Gasteiger charge is -2.07. The number of nitrogens with two attached hydrogens (primary N) is 1. The molecule has 1 aromatic heterocycles. The third-order valence-corrected chi connectivity index (χ3v) is 4.22. The Bertz CT molecular complexity index is 724. The molecule has 2 aromatic carbocycles. The molecule has 1 heterocycles. The number of halogens is 1. The Labute approximate surface area is 126 Å². The molecule has 3 aromatic rings. The van der Waals surface area contributed by atoms with Crippen LogP contribution in [-0.4, -0.2) is 9.78 Å². The summed E-state index contributed by atoms with van der Waals surface area (Å²) in [6.07, 6.45) is 3.65. The van der Waals surface area contributed by atoms with Gasteiger partial charge in [0.25, 0.3) is 0 Å². The van der Waals surface area contributed by atoms with Crippen LogP contribution < -0.4 is 5.73 Å². The Morgan fingerprint density at radius 1 is 1.14 bits per heavy atom. The lowest BCUT2D eigenvalue weighted by molar-refractivity contribution is 0.624. The van der Waals surface area contributed by atoms with Crippen molar-refractivity contribution in [2.24, 2.45) is 0 Å². The highest BCUT2D eigenvalue weighted by atomic mass is 32.2. The van der Waals surface area contributed by atoms with Gasteiger partial charge in [-0.3, -0.25) is 0 Å². The van der Waals surface area contributed by atoms with E-state index in [9.17, 15) is 4.39 Å². The summed E-state index contributed by atoms with van der Waals surface area (Å²) in [5.74, 6) is 0.480. The predicted molar refractivity (Wildman–Crippen MR) is 83.9 cm³/mol. The van der Waals surface area contributed by atoms with Crippen molar-refractivity contribution in [3.8, 4) is 5.69 Å². The Balaban J connectivity index is 1.70. The van der Waals surface area contributed by atoms with Crippen molar-refractivity contribution in [2.75, 3.05) is 5.73 Å². The largest absolute Gasteiger partial charge is 0.398 e. The van der Waals surface area contributed by atoms with E-state index >= 15 is 0 Å². The van der Waals surface area contributed by atoms with E-state index in [0.29, 0.717) is 5.69 Å². The van der Waals surface area contributed by atoms with Gasteiger partial charge in [0.15, 0.2) is 0 Å². The highest BCUT2D eigenvalue weighted by Gasteiger charge is 2.03. The number of thioether (sulfide) groups is 1. The summed E-state index contributed by atoms with van der Waals surface area (Å²) in [5.41, 5.74) is 8.61. The fourth-order valence-corrected chi connectivity index (χ4v) is 2.91. The Morgan fingerprint density at radius 2 is 1.95 bits per heavy atom. The van der Waals surface area contributed by atoms with Gasteiger partial charge in [-0.2, -0.15) is 5.10 Å². The minimum Gasteiger partial charge on any atom is -0.398 e. The zero-order valence-corrected chi connectivity index (χ0v) is 12.1. The van der Waals surface area contributed by atoms with Gasteiger partial charge in [-0.1, -0.05) is 12.1 Å². The minimum absolute atomic E-state index is 0.263. The maximum absolute atomic E-state index is 13.2. The first-order valence-electron chi connectivity index (χ1n) is 6.49. The van der Waals surface area contributed by atoms with Gasteiger partial charge in [0.05, 0.1) is 5.69 Å². The van der Waals surface area contributed by atoms with Crippen LogP contribution in [0.4, 0.5) is 10.1 Å². The maximum atomic E-state index is 13.2. The third-order valence-electron chi connectivity index (χ3n) is 3.08. The zero-order valence-electron chi connectivity index (χ0n) is 11.2. The second-order valence-corrected chi connectivity index (χ2v) is 5.61. The van der Waals surface area contributed by atoms with Crippen molar-refractivity contribution < 1.29 is 4.39 Å². The lowest BCUT2D eigenvalue weighted by Crippen LogP contribution is -1.94. The second-order valence-electron chi connectivity index (χ2n) is 4.59. The highest BCUT2D eigenvalue weighted by Crippen LogP contribution is 2.28. The van der Waals surface area contributed by atoms with Crippen LogP contribution in [0, 0.1) is 5.82 Å². The molecule has 0 aliphatic carbocycles. The van der Waals surface area contributed by atoms with E-state index in [0.717, 1.165) is 21.9 Å². The van der Waals surface area contributed by atoms with E-state index in [4.69, 9.17) is 5.73 Å². The molecule has 3 rings (SSSR count). The number of anilines is 1. The summed E-state index contributed by atoms with van der Waals surface area (Å²) in [5, 5.41) is 4.18. The fraction of sp³-hybridized carbons (Fsp3) is 0.0625. The van der Waals surface area contributed by atoms with Crippen molar-refractivity contribution >= 4 is 17.4 Å². The van der Waals surface area contributed by atoms with Gasteiger partial charge in [-0.25, -0.2) is 9.07 Å². The van der Waals surface area contributed by atoms with Crippen LogP contribution >= 0.6 is 11.8 Å². The Hall–Kier alpha value is -2.27. The molecule has 5 heteroatoms. The molecule has 2 N–H and O–H groups in total. The smallest absolute Gasteiger partial charge is 0.124 e. The van der Waals surface area contributed by atoms with Crippen molar-refractivity contribution in [1.82, 2.24) is 9.78 Å². The number of nitrogen functional groups attached to an aromatic ring is 1. The van der Waals surface area contributed by atoms with Crippen LogP contribution in [0.5, 0.6) is 0 Å². The summed E-state index contributed by atoms with van der Waals surface area (Å²) < 4.78 is 15.0.